The standard InChI is InChI=1S/C21H31ClN8/c1-20-11-23-12-21(20,2)14-29(13-20)18-17(22)9-24-19(27-18)26-15-8-25-30(10-15)16-4-6-28(3)7-5-16/h8-10,16,23H,4-7,11-14H2,1-3H3,(H,24,26,27)/t20-,21+. The monoisotopic (exact) mass is 430 g/mol. The second-order valence-electron chi connectivity index (χ2n) is 9.81. The van der Waals surface area contributed by atoms with Crippen molar-refractivity contribution >= 4 is 29.1 Å². The fourth-order valence-electron chi connectivity index (χ4n) is 5.21. The normalized spacial score (nSPS) is 30.1. The van der Waals surface area contributed by atoms with Gasteiger partial charge in [-0.25, -0.2) is 4.98 Å². The fraction of sp³-hybridized carbons (Fsp3) is 0.667. The van der Waals surface area contributed by atoms with Crippen LogP contribution in [0.15, 0.2) is 18.6 Å². The molecule has 162 valence electrons. The summed E-state index contributed by atoms with van der Waals surface area (Å²) >= 11 is 6.51. The van der Waals surface area contributed by atoms with Crippen molar-refractivity contribution in [3.63, 3.8) is 0 Å². The number of aromatic nitrogens is 4. The van der Waals surface area contributed by atoms with Crippen LogP contribution in [-0.4, -0.2) is 71.0 Å². The van der Waals surface area contributed by atoms with Crippen molar-refractivity contribution in [2.45, 2.75) is 32.7 Å². The predicted molar refractivity (Wildman–Crippen MR) is 120 cm³/mol. The molecule has 5 rings (SSSR count). The molecule has 3 aliphatic heterocycles. The Hall–Kier alpha value is -1.90. The van der Waals surface area contributed by atoms with E-state index in [1.165, 1.54) is 0 Å². The van der Waals surface area contributed by atoms with Crippen LogP contribution in [-0.2, 0) is 0 Å². The van der Waals surface area contributed by atoms with Crippen LogP contribution in [0.4, 0.5) is 17.5 Å². The van der Waals surface area contributed by atoms with E-state index in [4.69, 9.17) is 16.6 Å². The van der Waals surface area contributed by atoms with Crippen LogP contribution in [0.3, 0.4) is 0 Å². The molecule has 3 saturated heterocycles. The highest BCUT2D eigenvalue weighted by Gasteiger charge is 2.55. The molecule has 0 bridgehead atoms. The van der Waals surface area contributed by atoms with Gasteiger partial charge in [0.25, 0.3) is 0 Å². The highest BCUT2D eigenvalue weighted by Crippen LogP contribution is 2.50. The summed E-state index contributed by atoms with van der Waals surface area (Å²) in [7, 11) is 2.17. The summed E-state index contributed by atoms with van der Waals surface area (Å²) in [5.74, 6) is 1.37. The maximum atomic E-state index is 6.51. The first-order chi connectivity index (χ1) is 14.4. The molecule has 5 heterocycles. The van der Waals surface area contributed by atoms with Gasteiger partial charge in [-0.1, -0.05) is 25.4 Å². The molecule has 0 radical (unpaired) electrons. The van der Waals surface area contributed by atoms with Gasteiger partial charge in [0.2, 0.25) is 5.95 Å². The van der Waals surface area contributed by atoms with Crippen molar-refractivity contribution in [2.24, 2.45) is 10.8 Å². The molecule has 0 unspecified atom stereocenters. The second kappa shape index (κ2) is 7.35. The highest BCUT2D eigenvalue weighted by atomic mass is 35.5. The van der Waals surface area contributed by atoms with Gasteiger partial charge in [0.1, 0.15) is 5.02 Å². The van der Waals surface area contributed by atoms with E-state index in [2.05, 4.69) is 62.3 Å². The first-order valence-electron chi connectivity index (χ1n) is 10.8. The summed E-state index contributed by atoms with van der Waals surface area (Å²) in [6.45, 7) is 10.9. The Morgan fingerprint density at radius 1 is 1.13 bits per heavy atom. The quantitative estimate of drug-likeness (QED) is 0.772. The van der Waals surface area contributed by atoms with E-state index in [9.17, 15) is 0 Å². The molecule has 2 aromatic heterocycles. The minimum absolute atomic E-state index is 0.226. The van der Waals surface area contributed by atoms with Crippen LogP contribution in [0, 0.1) is 10.8 Å². The van der Waals surface area contributed by atoms with Gasteiger partial charge < -0.3 is 20.4 Å². The van der Waals surface area contributed by atoms with Crippen LogP contribution >= 0.6 is 11.6 Å². The first-order valence-corrected chi connectivity index (χ1v) is 11.2. The molecule has 0 saturated carbocycles. The highest BCUT2D eigenvalue weighted by molar-refractivity contribution is 6.32. The topological polar surface area (TPSA) is 74.1 Å². The predicted octanol–water partition coefficient (Wildman–Crippen LogP) is 2.77. The van der Waals surface area contributed by atoms with Crippen molar-refractivity contribution in [3.8, 4) is 0 Å². The molecule has 8 nitrogen and oxygen atoms in total. The van der Waals surface area contributed by atoms with Gasteiger partial charge in [0.05, 0.1) is 24.1 Å². The van der Waals surface area contributed by atoms with Crippen LogP contribution in [0.5, 0.6) is 0 Å². The van der Waals surface area contributed by atoms with Crippen molar-refractivity contribution in [2.75, 3.05) is 56.5 Å². The summed E-state index contributed by atoms with van der Waals surface area (Å²) in [4.78, 5) is 13.9. The Kier molecular flexibility index (Phi) is 4.91. The van der Waals surface area contributed by atoms with Crippen LogP contribution in [0.2, 0.25) is 5.02 Å². The van der Waals surface area contributed by atoms with E-state index < -0.39 is 0 Å². The Labute approximate surface area is 183 Å². The number of halogens is 1. The molecular formula is C21H31ClN8. The molecular weight excluding hydrogens is 400 g/mol. The number of nitrogens with zero attached hydrogens (tertiary/aromatic N) is 6. The molecule has 2 atom stereocenters. The van der Waals surface area contributed by atoms with E-state index >= 15 is 0 Å². The Balaban J connectivity index is 1.31. The van der Waals surface area contributed by atoms with Gasteiger partial charge in [0.15, 0.2) is 5.82 Å². The van der Waals surface area contributed by atoms with Gasteiger partial charge in [-0.2, -0.15) is 10.1 Å². The van der Waals surface area contributed by atoms with Gasteiger partial charge in [-0.05, 0) is 33.0 Å². The number of hydrogen-bond acceptors (Lipinski definition) is 7. The van der Waals surface area contributed by atoms with Gasteiger partial charge in [-0.15, -0.1) is 0 Å². The van der Waals surface area contributed by atoms with Crippen LogP contribution in [0.1, 0.15) is 32.7 Å². The van der Waals surface area contributed by atoms with E-state index in [1.54, 1.807) is 6.20 Å². The van der Waals surface area contributed by atoms with Gasteiger partial charge in [0, 0.05) is 43.2 Å². The largest absolute Gasteiger partial charge is 0.354 e. The van der Waals surface area contributed by atoms with E-state index in [0.29, 0.717) is 17.0 Å². The second-order valence-corrected chi connectivity index (χ2v) is 10.2. The maximum Gasteiger partial charge on any atom is 0.229 e. The first kappa shape index (κ1) is 20.0. The number of likely N-dealkylation sites (tertiary alicyclic amines) is 1. The molecule has 30 heavy (non-hydrogen) atoms. The summed E-state index contributed by atoms with van der Waals surface area (Å²) < 4.78 is 2.07. The summed E-state index contributed by atoms with van der Waals surface area (Å²) in [5, 5.41) is 12.0. The number of nitrogens with one attached hydrogen (secondary N) is 2. The van der Waals surface area contributed by atoms with E-state index in [0.717, 1.165) is 63.6 Å². The Morgan fingerprint density at radius 3 is 2.53 bits per heavy atom. The third kappa shape index (κ3) is 3.44. The lowest BCUT2D eigenvalue weighted by Crippen LogP contribution is -2.34. The summed E-state index contributed by atoms with van der Waals surface area (Å²) in [5.41, 5.74) is 1.36. The number of piperidine rings is 1. The average Bonchev–Trinajstić information content (AvgIpc) is 3.35. The molecule has 9 heteroatoms. The SMILES string of the molecule is CN1CCC(n2cc(Nc3ncc(Cl)c(N4C[C@]5(C)CNC[C@]5(C)C4)n3)cn2)CC1. The number of fused-ring (bicyclic) bond motifs is 1. The maximum absolute atomic E-state index is 6.51. The third-order valence-electron chi connectivity index (χ3n) is 7.51. The van der Waals surface area contributed by atoms with Gasteiger partial charge in [-0.3, -0.25) is 4.68 Å². The minimum atomic E-state index is 0.226. The third-order valence-corrected chi connectivity index (χ3v) is 7.78. The lowest BCUT2D eigenvalue weighted by Gasteiger charge is -2.30. The molecule has 0 aliphatic carbocycles. The Morgan fingerprint density at radius 2 is 1.83 bits per heavy atom. The lowest BCUT2D eigenvalue weighted by atomic mass is 9.71. The number of hydrogen-bond donors (Lipinski definition) is 2. The average molecular weight is 431 g/mol. The molecule has 0 amide bonds. The van der Waals surface area contributed by atoms with E-state index in [-0.39, 0.29) is 10.8 Å². The van der Waals surface area contributed by atoms with Crippen molar-refractivity contribution in [1.82, 2.24) is 30.0 Å². The van der Waals surface area contributed by atoms with Crippen LogP contribution < -0.4 is 15.5 Å². The number of anilines is 3. The number of rotatable bonds is 4. The molecule has 2 N–H and O–H groups in total. The molecule has 2 aromatic rings. The summed E-state index contributed by atoms with van der Waals surface area (Å²) in [6.07, 6.45) is 7.86. The zero-order chi connectivity index (χ0) is 20.9. The van der Waals surface area contributed by atoms with Gasteiger partial charge >= 0.3 is 0 Å². The Bertz CT molecular complexity index is 905. The van der Waals surface area contributed by atoms with Crippen LogP contribution in [0.25, 0.3) is 0 Å². The summed E-state index contributed by atoms with van der Waals surface area (Å²) in [6, 6.07) is 0.456. The smallest absolute Gasteiger partial charge is 0.229 e. The lowest BCUT2D eigenvalue weighted by molar-refractivity contribution is 0.212. The molecule has 3 aliphatic rings. The molecule has 3 fully saturated rings. The molecule has 0 aromatic carbocycles. The molecule has 0 spiro atoms. The fourth-order valence-corrected chi connectivity index (χ4v) is 5.42. The zero-order valence-corrected chi connectivity index (χ0v) is 18.8. The minimum Gasteiger partial charge on any atom is -0.354 e. The van der Waals surface area contributed by atoms with Crippen molar-refractivity contribution < 1.29 is 0 Å². The zero-order valence-electron chi connectivity index (χ0n) is 18.0. The van der Waals surface area contributed by atoms with Crippen molar-refractivity contribution in [1.29, 1.82) is 0 Å². The van der Waals surface area contributed by atoms with Crippen molar-refractivity contribution in [3.05, 3.63) is 23.6 Å². The van der Waals surface area contributed by atoms with E-state index in [1.807, 2.05) is 6.20 Å².